The van der Waals surface area contributed by atoms with Crippen LogP contribution < -0.4 is 5.32 Å². The lowest BCUT2D eigenvalue weighted by molar-refractivity contribution is 0.564. The van der Waals surface area contributed by atoms with Crippen LogP contribution in [0.5, 0.6) is 0 Å². The molecule has 0 amide bonds. The second-order valence-electron chi connectivity index (χ2n) is 5.62. The van der Waals surface area contributed by atoms with Crippen LogP contribution in [-0.2, 0) is 6.42 Å². The third-order valence-corrected chi connectivity index (χ3v) is 4.95. The van der Waals surface area contributed by atoms with Crippen molar-refractivity contribution in [3.05, 3.63) is 10.0 Å². The molecule has 1 unspecified atom stereocenters. The van der Waals surface area contributed by atoms with E-state index in [2.05, 4.69) is 29.4 Å². The molecule has 0 saturated carbocycles. The highest BCUT2D eigenvalue weighted by Crippen LogP contribution is 2.19. The Bertz CT molecular complexity index is 338. The average molecular weight is 298 g/mol. The Labute approximate surface area is 128 Å². The zero-order chi connectivity index (χ0) is 14.6. The molecule has 0 bridgehead atoms. The lowest BCUT2D eigenvalue weighted by Crippen LogP contribution is -2.11. The van der Waals surface area contributed by atoms with Crippen LogP contribution in [0.2, 0.25) is 0 Å². The van der Waals surface area contributed by atoms with Gasteiger partial charge in [0, 0.05) is 6.42 Å². The molecule has 1 heterocycles. The van der Waals surface area contributed by atoms with E-state index in [0.717, 1.165) is 11.4 Å². The van der Waals surface area contributed by atoms with Crippen LogP contribution in [0.15, 0.2) is 0 Å². The van der Waals surface area contributed by atoms with Gasteiger partial charge in [0.1, 0.15) is 10.0 Å². The number of hydrogen-bond donors (Lipinski definition) is 1. The molecule has 116 valence electrons. The first-order valence-electron chi connectivity index (χ1n) is 8.27. The molecule has 0 radical (unpaired) electrons. The van der Waals surface area contributed by atoms with Crippen molar-refractivity contribution >= 4 is 11.3 Å². The van der Waals surface area contributed by atoms with Crippen molar-refractivity contribution in [1.82, 2.24) is 15.5 Å². The van der Waals surface area contributed by atoms with Gasteiger partial charge in [-0.3, -0.25) is 0 Å². The summed E-state index contributed by atoms with van der Waals surface area (Å²) in [5.74, 6) is 0. The molecule has 1 aromatic rings. The standard InChI is InChI=1S/C16H31N3S/c1-4-5-6-7-8-9-10-11-12-13-15-18-19-16(20-15)14(2)17-3/h14,17H,4-13H2,1-3H3. The molecule has 0 aromatic carbocycles. The maximum Gasteiger partial charge on any atom is 0.134 e. The summed E-state index contributed by atoms with van der Waals surface area (Å²) in [5, 5.41) is 14.0. The van der Waals surface area contributed by atoms with E-state index in [-0.39, 0.29) is 0 Å². The number of nitrogens with zero attached hydrogens (tertiary/aromatic N) is 2. The molecule has 0 saturated heterocycles. The Morgan fingerprint density at radius 3 is 2.15 bits per heavy atom. The summed E-state index contributed by atoms with van der Waals surface area (Å²) < 4.78 is 0. The molecule has 1 atom stereocenters. The van der Waals surface area contributed by atoms with Gasteiger partial charge in [0.25, 0.3) is 0 Å². The van der Waals surface area contributed by atoms with Crippen molar-refractivity contribution in [2.24, 2.45) is 0 Å². The third-order valence-electron chi connectivity index (χ3n) is 3.78. The first-order valence-corrected chi connectivity index (χ1v) is 9.09. The highest BCUT2D eigenvalue weighted by Gasteiger charge is 2.09. The van der Waals surface area contributed by atoms with E-state index in [9.17, 15) is 0 Å². The van der Waals surface area contributed by atoms with E-state index >= 15 is 0 Å². The zero-order valence-electron chi connectivity index (χ0n) is 13.5. The Morgan fingerprint density at radius 1 is 0.950 bits per heavy atom. The summed E-state index contributed by atoms with van der Waals surface area (Å²) in [5.41, 5.74) is 0. The Hall–Kier alpha value is -0.480. The maximum atomic E-state index is 4.28. The van der Waals surface area contributed by atoms with Crippen molar-refractivity contribution in [3.63, 3.8) is 0 Å². The van der Waals surface area contributed by atoms with Crippen molar-refractivity contribution in [3.8, 4) is 0 Å². The molecule has 0 aliphatic heterocycles. The average Bonchev–Trinajstić information content (AvgIpc) is 2.93. The topological polar surface area (TPSA) is 37.8 Å². The second-order valence-corrected chi connectivity index (χ2v) is 6.72. The predicted molar refractivity (Wildman–Crippen MR) is 88.3 cm³/mol. The van der Waals surface area contributed by atoms with E-state index in [1.165, 1.54) is 62.8 Å². The van der Waals surface area contributed by atoms with E-state index in [0.29, 0.717) is 6.04 Å². The minimum absolute atomic E-state index is 0.323. The molecule has 1 rings (SSSR count). The van der Waals surface area contributed by atoms with Crippen LogP contribution in [0.25, 0.3) is 0 Å². The van der Waals surface area contributed by atoms with Crippen molar-refractivity contribution in [1.29, 1.82) is 0 Å². The van der Waals surface area contributed by atoms with Crippen molar-refractivity contribution in [2.75, 3.05) is 7.05 Å². The minimum atomic E-state index is 0.323. The van der Waals surface area contributed by atoms with Gasteiger partial charge in [-0.1, -0.05) is 69.6 Å². The summed E-state index contributed by atoms with van der Waals surface area (Å²) in [6.07, 6.45) is 13.5. The summed E-state index contributed by atoms with van der Waals surface area (Å²) in [6, 6.07) is 0.323. The molecule has 0 spiro atoms. The van der Waals surface area contributed by atoms with Gasteiger partial charge in [0.2, 0.25) is 0 Å². The molecular formula is C16H31N3S. The third kappa shape index (κ3) is 7.34. The Balaban J connectivity index is 2.00. The first kappa shape index (κ1) is 17.6. The molecule has 0 aliphatic carbocycles. The van der Waals surface area contributed by atoms with Gasteiger partial charge in [0.05, 0.1) is 6.04 Å². The van der Waals surface area contributed by atoms with Crippen LogP contribution in [0.4, 0.5) is 0 Å². The van der Waals surface area contributed by atoms with Gasteiger partial charge in [-0.15, -0.1) is 10.2 Å². The quantitative estimate of drug-likeness (QED) is 0.558. The predicted octanol–water partition coefficient (Wildman–Crippen LogP) is 4.89. The van der Waals surface area contributed by atoms with Crippen molar-refractivity contribution < 1.29 is 0 Å². The highest BCUT2D eigenvalue weighted by atomic mass is 32.1. The fourth-order valence-corrected chi connectivity index (χ4v) is 3.20. The normalized spacial score (nSPS) is 12.8. The monoisotopic (exact) mass is 297 g/mol. The SMILES string of the molecule is CCCCCCCCCCCc1nnc(C(C)NC)s1. The lowest BCUT2D eigenvalue weighted by atomic mass is 10.1. The first-order chi connectivity index (χ1) is 9.77. The number of aryl methyl sites for hydroxylation is 1. The van der Waals surface area contributed by atoms with Gasteiger partial charge < -0.3 is 5.32 Å². The fourth-order valence-electron chi connectivity index (χ4n) is 2.25. The van der Waals surface area contributed by atoms with Gasteiger partial charge >= 0.3 is 0 Å². The summed E-state index contributed by atoms with van der Waals surface area (Å²) in [4.78, 5) is 0. The van der Waals surface area contributed by atoms with Crippen LogP contribution >= 0.6 is 11.3 Å². The number of nitrogens with one attached hydrogen (secondary N) is 1. The molecule has 3 nitrogen and oxygen atoms in total. The Kier molecular flexibility index (Phi) is 9.85. The molecule has 20 heavy (non-hydrogen) atoms. The fraction of sp³-hybridized carbons (Fsp3) is 0.875. The Morgan fingerprint density at radius 2 is 1.55 bits per heavy atom. The molecule has 0 fully saturated rings. The van der Waals surface area contributed by atoms with Crippen LogP contribution in [0, 0.1) is 0 Å². The minimum Gasteiger partial charge on any atom is -0.311 e. The number of rotatable bonds is 12. The summed E-state index contributed by atoms with van der Waals surface area (Å²) in [6.45, 7) is 4.40. The van der Waals surface area contributed by atoms with E-state index in [1.54, 1.807) is 11.3 Å². The number of aromatic nitrogens is 2. The smallest absolute Gasteiger partial charge is 0.134 e. The molecular weight excluding hydrogens is 266 g/mol. The maximum absolute atomic E-state index is 4.28. The molecule has 0 aliphatic rings. The number of unbranched alkanes of at least 4 members (excludes halogenated alkanes) is 8. The highest BCUT2D eigenvalue weighted by molar-refractivity contribution is 7.11. The molecule has 1 aromatic heterocycles. The van der Waals surface area contributed by atoms with Crippen LogP contribution in [0.3, 0.4) is 0 Å². The van der Waals surface area contributed by atoms with Gasteiger partial charge in [-0.05, 0) is 20.4 Å². The largest absolute Gasteiger partial charge is 0.311 e. The molecule has 4 heteroatoms. The van der Waals surface area contributed by atoms with Gasteiger partial charge in [-0.25, -0.2) is 0 Å². The zero-order valence-corrected chi connectivity index (χ0v) is 14.3. The second kappa shape index (κ2) is 11.2. The number of hydrogen-bond acceptors (Lipinski definition) is 4. The van der Waals surface area contributed by atoms with E-state index in [4.69, 9.17) is 0 Å². The van der Waals surface area contributed by atoms with Crippen molar-refractivity contribution in [2.45, 2.75) is 84.1 Å². The van der Waals surface area contributed by atoms with Gasteiger partial charge in [-0.2, -0.15) is 0 Å². The van der Waals surface area contributed by atoms with E-state index in [1.807, 2.05) is 7.05 Å². The van der Waals surface area contributed by atoms with Crippen LogP contribution in [0.1, 0.15) is 87.7 Å². The van der Waals surface area contributed by atoms with E-state index < -0.39 is 0 Å². The molecule has 1 N–H and O–H groups in total. The summed E-state index contributed by atoms with van der Waals surface area (Å²) >= 11 is 1.76. The van der Waals surface area contributed by atoms with Gasteiger partial charge in [0.15, 0.2) is 0 Å². The summed E-state index contributed by atoms with van der Waals surface area (Å²) in [7, 11) is 1.96. The lowest BCUT2D eigenvalue weighted by Gasteiger charge is -2.03. The van der Waals surface area contributed by atoms with Crippen LogP contribution in [-0.4, -0.2) is 17.2 Å².